The number of thiazole rings is 1. The Morgan fingerprint density at radius 2 is 2.67 bits per heavy atom. The Labute approximate surface area is 57.2 Å². The molecule has 4 heteroatoms. The molecule has 0 aliphatic heterocycles. The molecular formula is C5H7N3S. The summed E-state index contributed by atoms with van der Waals surface area (Å²) in [7, 11) is 0. The molecule has 1 heterocycles. The van der Waals surface area contributed by atoms with E-state index >= 15 is 0 Å². The minimum Gasteiger partial charge on any atom is -0.323 e. The molecule has 0 atom stereocenters. The largest absolute Gasteiger partial charge is 0.323 e. The Kier molecular flexibility index (Phi) is 1.79. The predicted octanol–water partition coefficient (Wildman–Crippen LogP) is 0.744. The lowest BCUT2D eigenvalue weighted by Gasteiger charge is -1.75. The van der Waals surface area contributed by atoms with Crippen molar-refractivity contribution in [2.24, 2.45) is 10.9 Å². The molecule has 3 nitrogen and oxygen atoms in total. The molecule has 0 radical (unpaired) electrons. The van der Waals surface area contributed by atoms with Gasteiger partial charge in [0.1, 0.15) is 5.01 Å². The predicted molar refractivity (Wildman–Crippen MR) is 38.6 cm³/mol. The Hall–Kier alpha value is -0.900. The second-order valence-electron chi connectivity index (χ2n) is 1.61. The van der Waals surface area contributed by atoms with Crippen molar-refractivity contribution in [3.8, 4) is 0 Å². The van der Waals surface area contributed by atoms with Crippen LogP contribution in [-0.2, 0) is 0 Å². The van der Waals surface area contributed by atoms with Gasteiger partial charge in [0.05, 0.1) is 6.21 Å². The van der Waals surface area contributed by atoms with Crippen LogP contribution in [-0.4, -0.2) is 11.2 Å². The first-order valence-corrected chi connectivity index (χ1v) is 3.36. The first-order chi connectivity index (χ1) is 4.33. The van der Waals surface area contributed by atoms with Crippen molar-refractivity contribution in [1.29, 1.82) is 0 Å². The molecule has 48 valence electrons. The third-order valence-corrected chi connectivity index (χ3v) is 1.72. The molecule has 0 saturated carbocycles. The number of hydrogen-bond acceptors (Lipinski definition) is 4. The van der Waals surface area contributed by atoms with Gasteiger partial charge in [-0.15, -0.1) is 11.3 Å². The van der Waals surface area contributed by atoms with Gasteiger partial charge in [0.2, 0.25) is 0 Å². The molecule has 2 N–H and O–H groups in total. The molecule has 0 aliphatic rings. The van der Waals surface area contributed by atoms with Gasteiger partial charge in [-0.05, 0) is 6.92 Å². The SMILES string of the molecule is Cc1csc(/C=N/N)n1. The lowest BCUT2D eigenvalue weighted by Crippen LogP contribution is -1.84. The lowest BCUT2D eigenvalue weighted by atomic mass is 10.6. The quantitative estimate of drug-likeness (QED) is 0.356. The fourth-order valence-corrected chi connectivity index (χ4v) is 1.16. The fourth-order valence-electron chi connectivity index (χ4n) is 0.495. The number of hydrogen-bond donors (Lipinski definition) is 1. The monoisotopic (exact) mass is 141 g/mol. The van der Waals surface area contributed by atoms with E-state index in [1.165, 1.54) is 17.6 Å². The summed E-state index contributed by atoms with van der Waals surface area (Å²) in [6, 6.07) is 0. The van der Waals surface area contributed by atoms with E-state index in [2.05, 4.69) is 10.1 Å². The molecule has 0 spiro atoms. The standard InChI is InChI=1S/C5H7N3S/c1-4-3-9-5(8-4)2-7-6/h2-3H,6H2,1H3/b7-2+. The van der Waals surface area contributed by atoms with Crippen LogP contribution in [0, 0.1) is 6.92 Å². The zero-order valence-electron chi connectivity index (χ0n) is 5.03. The molecule has 1 aromatic heterocycles. The number of rotatable bonds is 1. The lowest BCUT2D eigenvalue weighted by molar-refractivity contribution is 1.23. The minimum absolute atomic E-state index is 0.856. The van der Waals surface area contributed by atoms with Crippen LogP contribution >= 0.6 is 11.3 Å². The summed E-state index contributed by atoms with van der Waals surface area (Å²) in [5.74, 6) is 4.91. The highest BCUT2D eigenvalue weighted by Crippen LogP contribution is 2.04. The van der Waals surface area contributed by atoms with E-state index in [0.717, 1.165) is 10.7 Å². The van der Waals surface area contributed by atoms with Crippen LogP contribution in [0.3, 0.4) is 0 Å². The minimum atomic E-state index is 0.856. The molecule has 0 amide bonds. The van der Waals surface area contributed by atoms with Gasteiger partial charge in [-0.25, -0.2) is 4.98 Å². The summed E-state index contributed by atoms with van der Waals surface area (Å²) in [5, 5.41) is 6.15. The first kappa shape index (κ1) is 6.22. The number of nitrogens with zero attached hydrogens (tertiary/aromatic N) is 2. The molecule has 1 aromatic rings. The average Bonchev–Trinajstić information content (AvgIpc) is 2.17. The van der Waals surface area contributed by atoms with Gasteiger partial charge in [0, 0.05) is 11.1 Å². The van der Waals surface area contributed by atoms with E-state index in [1.807, 2.05) is 12.3 Å². The second kappa shape index (κ2) is 2.59. The van der Waals surface area contributed by atoms with Gasteiger partial charge in [-0.1, -0.05) is 0 Å². The van der Waals surface area contributed by atoms with E-state index in [4.69, 9.17) is 5.84 Å². The summed E-state index contributed by atoms with van der Waals surface area (Å²) >= 11 is 1.53. The van der Waals surface area contributed by atoms with E-state index < -0.39 is 0 Å². The molecule has 0 aliphatic carbocycles. The van der Waals surface area contributed by atoms with Gasteiger partial charge >= 0.3 is 0 Å². The van der Waals surface area contributed by atoms with E-state index in [-0.39, 0.29) is 0 Å². The summed E-state index contributed by atoms with van der Waals surface area (Å²) in [5.41, 5.74) is 1.01. The Morgan fingerprint density at radius 1 is 1.89 bits per heavy atom. The molecule has 0 unspecified atom stereocenters. The summed E-state index contributed by atoms with van der Waals surface area (Å²) < 4.78 is 0. The Balaban J connectivity index is 2.85. The molecule has 0 aromatic carbocycles. The number of hydrazone groups is 1. The van der Waals surface area contributed by atoms with Crippen molar-refractivity contribution >= 4 is 17.6 Å². The van der Waals surface area contributed by atoms with Crippen LogP contribution in [0.15, 0.2) is 10.5 Å². The van der Waals surface area contributed by atoms with Gasteiger partial charge in [0.15, 0.2) is 0 Å². The van der Waals surface area contributed by atoms with Crippen molar-refractivity contribution in [3.05, 3.63) is 16.1 Å². The number of aryl methyl sites for hydroxylation is 1. The van der Waals surface area contributed by atoms with Crippen molar-refractivity contribution < 1.29 is 0 Å². The van der Waals surface area contributed by atoms with Crippen LogP contribution < -0.4 is 5.84 Å². The molecule has 0 fully saturated rings. The summed E-state index contributed by atoms with van der Waals surface area (Å²) in [6.07, 6.45) is 1.54. The third kappa shape index (κ3) is 1.50. The van der Waals surface area contributed by atoms with Crippen molar-refractivity contribution in [2.45, 2.75) is 6.92 Å². The molecule has 9 heavy (non-hydrogen) atoms. The van der Waals surface area contributed by atoms with Crippen LogP contribution in [0.25, 0.3) is 0 Å². The summed E-state index contributed by atoms with van der Waals surface area (Å²) in [4.78, 5) is 4.09. The molecule has 0 bridgehead atoms. The fraction of sp³-hybridized carbons (Fsp3) is 0.200. The zero-order chi connectivity index (χ0) is 6.69. The molecule has 1 rings (SSSR count). The topological polar surface area (TPSA) is 51.3 Å². The van der Waals surface area contributed by atoms with Gasteiger partial charge < -0.3 is 5.84 Å². The Bertz CT molecular complexity index is 216. The van der Waals surface area contributed by atoms with Crippen molar-refractivity contribution in [2.75, 3.05) is 0 Å². The van der Waals surface area contributed by atoms with Crippen LogP contribution in [0.5, 0.6) is 0 Å². The maximum Gasteiger partial charge on any atom is 0.136 e. The first-order valence-electron chi connectivity index (χ1n) is 2.48. The maximum absolute atomic E-state index is 4.91. The molecular weight excluding hydrogens is 134 g/mol. The van der Waals surface area contributed by atoms with Crippen LogP contribution in [0.1, 0.15) is 10.7 Å². The normalized spacial score (nSPS) is 10.8. The second-order valence-corrected chi connectivity index (χ2v) is 2.49. The van der Waals surface area contributed by atoms with Gasteiger partial charge in [0.25, 0.3) is 0 Å². The van der Waals surface area contributed by atoms with Crippen molar-refractivity contribution in [3.63, 3.8) is 0 Å². The highest BCUT2D eigenvalue weighted by atomic mass is 32.1. The van der Waals surface area contributed by atoms with Crippen molar-refractivity contribution in [1.82, 2.24) is 4.98 Å². The Morgan fingerprint density at radius 3 is 3.11 bits per heavy atom. The highest BCUT2D eigenvalue weighted by molar-refractivity contribution is 7.11. The van der Waals surface area contributed by atoms with E-state index in [9.17, 15) is 0 Å². The van der Waals surface area contributed by atoms with Gasteiger partial charge in [-0.3, -0.25) is 0 Å². The smallest absolute Gasteiger partial charge is 0.136 e. The third-order valence-electron chi connectivity index (χ3n) is 0.822. The number of aromatic nitrogens is 1. The van der Waals surface area contributed by atoms with E-state index in [1.54, 1.807) is 0 Å². The van der Waals surface area contributed by atoms with Crippen LogP contribution in [0.2, 0.25) is 0 Å². The van der Waals surface area contributed by atoms with E-state index in [0.29, 0.717) is 0 Å². The maximum atomic E-state index is 4.91. The molecule has 0 saturated heterocycles. The van der Waals surface area contributed by atoms with Crippen LogP contribution in [0.4, 0.5) is 0 Å². The zero-order valence-corrected chi connectivity index (χ0v) is 5.85. The highest BCUT2D eigenvalue weighted by Gasteiger charge is 1.91. The summed E-state index contributed by atoms with van der Waals surface area (Å²) in [6.45, 7) is 1.93. The number of nitrogens with two attached hydrogens (primary N) is 1. The average molecular weight is 141 g/mol. The van der Waals surface area contributed by atoms with Gasteiger partial charge in [-0.2, -0.15) is 5.10 Å².